The third-order valence-electron chi connectivity index (χ3n) is 6.98. The summed E-state index contributed by atoms with van der Waals surface area (Å²) in [4.78, 5) is 0. The zero-order valence-corrected chi connectivity index (χ0v) is 22.4. The van der Waals surface area contributed by atoms with E-state index in [2.05, 4.69) is 157 Å². The highest BCUT2D eigenvalue weighted by molar-refractivity contribution is 7.14. The van der Waals surface area contributed by atoms with Crippen molar-refractivity contribution in [2.75, 3.05) is 0 Å². The Hall–Kier alpha value is -4.21. The van der Waals surface area contributed by atoms with Crippen LogP contribution in [0.15, 0.2) is 180 Å². The van der Waals surface area contributed by atoms with E-state index in [0.29, 0.717) is 0 Å². The van der Waals surface area contributed by atoms with Crippen LogP contribution in [-0.2, 0) is 4.12 Å². The van der Waals surface area contributed by atoms with Gasteiger partial charge in [0.1, 0.15) is 0 Å². The van der Waals surface area contributed by atoms with Gasteiger partial charge < -0.3 is 4.12 Å². The first-order valence-corrected chi connectivity index (χ1v) is 16.4. The van der Waals surface area contributed by atoms with E-state index in [4.69, 9.17) is 4.12 Å². The van der Waals surface area contributed by atoms with E-state index in [1.807, 2.05) is 12.2 Å². The van der Waals surface area contributed by atoms with Crippen molar-refractivity contribution in [3.63, 3.8) is 0 Å². The van der Waals surface area contributed by atoms with Crippen molar-refractivity contribution in [2.45, 2.75) is 0 Å². The van der Waals surface area contributed by atoms with Gasteiger partial charge in [-0.05, 0) is 32.9 Å². The maximum atomic E-state index is 8.07. The number of allylic oxidation sites excluding steroid dienone is 6. The first-order chi connectivity index (χ1) is 18.3. The molecule has 0 aromatic heterocycles. The van der Waals surface area contributed by atoms with Crippen LogP contribution in [-0.4, -0.2) is 16.6 Å². The second-order valence-corrected chi connectivity index (χ2v) is 16.0. The minimum Gasteiger partial charge on any atom is -0.435 e. The Morgan fingerprint density at radius 2 is 0.703 bits per heavy atom. The van der Waals surface area contributed by atoms with Crippen molar-refractivity contribution in [2.24, 2.45) is 0 Å². The maximum Gasteiger partial charge on any atom is 0.286 e. The molecule has 0 atom stereocenters. The Morgan fingerprint density at radius 1 is 0.405 bits per heavy atom. The molecular weight excluding hydrogens is 481 g/mol. The summed E-state index contributed by atoms with van der Waals surface area (Å²) in [6.07, 6.45) is 12.6. The van der Waals surface area contributed by atoms with Gasteiger partial charge in [-0.3, -0.25) is 0 Å². The predicted molar refractivity (Wildman–Crippen MR) is 158 cm³/mol. The van der Waals surface area contributed by atoms with Gasteiger partial charge in [0.05, 0.1) is 0 Å². The molecule has 6 rings (SSSR count). The molecule has 37 heavy (non-hydrogen) atoms. The topological polar surface area (TPSA) is 9.23 Å². The van der Waals surface area contributed by atoms with Crippen LogP contribution in [0, 0.1) is 0 Å². The van der Waals surface area contributed by atoms with Crippen molar-refractivity contribution < 1.29 is 4.12 Å². The highest BCUT2D eigenvalue weighted by Crippen LogP contribution is 2.30. The summed E-state index contributed by atoms with van der Waals surface area (Å²) in [5.41, 5.74) is 7.19. The smallest absolute Gasteiger partial charge is 0.286 e. The SMILES string of the molecule is C1=CC=CC=1[Si](O[Si](C1=C=CC=C1)(c1ccccc1)c1ccccc1)(c1ccccc1)c1ccccc1. The molecule has 4 aromatic carbocycles. The molecule has 0 saturated heterocycles. The van der Waals surface area contributed by atoms with E-state index in [0.717, 1.165) is 10.4 Å². The minimum absolute atomic E-state index is 1.13. The summed E-state index contributed by atoms with van der Waals surface area (Å²) in [5, 5.41) is 7.08. The largest absolute Gasteiger partial charge is 0.435 e. The molecule has 0 spiro atoms. The Balaban J connectivity index is 1.74. The molecule has 176 valence electrons. The standard InChI is InChI=1S/C34H26OSi2/c1-5-17-29(18-6-1)36(33-25-13-14-26-33,30-19-7-2-8-20-30)35-37(34-27-15-16-28-34,31-21-9-3-10-22-31)32-23-11-4-12-24-32/h1-25,27H. The molecule has 0 unspecified atom stereocenters. The molecule has 0 amide bonds. The fraction of sp³-hybridized carbons (Fsp3) is 0. The molecular formula is C34H26OSi2. The molecule has 0 fully saturated rings. The molecule has 0 aliphatic heterocycles. The summed E-state index contributed by atoms with van der Waals surface area (Å²) < 4.78 is 8.07. The van der Waals surface area contributed by atoms with Crippen LogP contribution in [0.4, 0.5) is 0 Å². The van der Waals surface area contributed by atoms with Crippen LogP contribution < -0.4 is 20.7 Å². The maximum absolute atomic E-state index is 8.07. The van der Waals surface area contributed by atoms with Crippen LogP contribution in [0.3, 0.4) is 0 Å². The molecule has 0 heterocycles. The van der Waals surface area contributed by atoms with Gasteiger partial charge in [-0.25, -0.2) is 0 Å². The highest BCUT2D eigenvalue weighted by atomic mass is 28.4. The zero-order valence-electron chi connectivity index (χ0n) is 20.4. The average molecular weight is 507 g/mol. The Labute approximate surface area is 220 Å². The van der Waals surface area contributed by atoms with Crippen LogP contribution in [0.2, 0.25) is 0 Å². The van der Waals surface area contributed by atoms with Gasteiger partial charge >= 0.3 is 0 Å². The highest BCUT2D eigenvalue weighted by Gasteiger charge is 2.54. The number of benzene rings is 4. The number of hydrogen-bond acceptors (Lipinski definition) is 1. The van der Waals surface area contributed by atoms with Gasteiger partial charge in [-0.2, -0.15) is 0 Å². The van der Waals surface area contributed by atoms with Gasteiger partial charge in [0.2, 0.25) is 0 Å². The van der Waals surface area contributed by atoms with E-state index in [9.17, 15) is 0 Å². The summed E-state index contributed by atoms with van der Waals surface area (Å²) in [5.74, 6) is 0. The van der Waals surface area contributed by atoms with E-state index in [1.165, 1.54) is 20.7 Å². The summed E-state index contributed by atoms with van der Waals surface area (Å²) in [6, 6.07) is 43.1. The third-order valence-corrected chi connectivity index (χ3v) is 16.2. The first kappa shape index (κ1) is 23.2. The van der Waals surface area contributed by atoms with Crippen molar-refractivity contribution in [1.29, 1.82) is 0 Å². The second kappa shape index (κ2) is 10.0. The summed E-state index contributed by atoms with van der Waals surface area (Å²) >= 11 is 0. The second-order valence-electron chi connectivity index (χ2n) is 9.10. The molecule has 4 aromatic rings. The van der Waals surface area contributed by atoms with Gasteiger partial charge in [0, 0.05) is 10.4 Å². The third kappa shape index (κ3) is 4.02. The zero-order chi connectivity index (χ0) is 25.0. The fourth-order valence-electron chi connectivity index (χ4n) is 5.32. The number of hydrogen-bond donors (Lipinski definition) is 0. The molecule has 0 radical (unpaired) electrons. The number of rotatable bonds is 8. The van der Waals surface area contributed by atoms with E-state index in [1.54, 1.807) is 0 Å². The molecule has 0 bridgehead atoms. The normalized spacial score (nSPS) is 14.2. The molecule has 1 nitrogen and oxygen atoms in total. The first-order valence-electron chi connectivity index (χ1n) is 12.5. The van der Waals surface area contributed by atoms with Crippen LogP contribution in [0.25, 0.3) is 0 Å². The lowest BCUT2D eigenvalue weighted by Gasteiger charge is -2.43. The van der Waals surface area contributed by atoms with Gasteiger partial charge in [0.15, 0.2) is 0 Å². The van der Waals surface area contributed by atoms with Crippen LogP contribution >= 0.6 is 0 Å². The molecule has 0 N–H and O–H groups in total. The van der Waals surface area contributed by atoms with Gasteiger partial charge in [-0.1, -0.05) is 146 Å². The van der Waals surface area contributed by atoms with E-state index < -0.39 is 16.6 Å². The van der Waals surface area contributed by atoms with Crippen molar-refractivity contribution in [1.82, 2.24) is 0 Å². The predicted octanol–water partition coefficient (Wildman–Crippen LogP) is 4.90. The summed E-state index contributed by atoms with van der Waals surface area (Å²) in [7, 11) is -6.09. The molecule has 3 heteroatoms. The molecule has 2 aliphatic rings. The van der Waals surface area contributed by atoms with Crippen molar-refractivity contribution >= 4 is 37.4 Å². The lowest BCUT2D eigenvalue weighted by Crippen LogP contribution is -2.74. The Bertz CT molecular complexity index is 1390. The minimum atomic E-state index is -3.04. The molecule has 2 aliphatic carbocycles. The monoisotopic (exact) mass is 506 g/mol. The quantitative estimate of drug-likeness (QED) is 0.244. The van der Waals surface area contributed by atoms with E-state index in [-0.39, 0.29) is 0 Å². The lowest BCUT2D eigenvalue weighted by molar-refractivity contribution is 0.592. The van der Waals surface area contributed by atoms with Crippen molar-refractivity contribution in [3.8, 4) is 0 Å². The Morgan fingerprint density at radius 3 is 0.946 bits per heavy atom. The summed E-state index contributed by atoms with van der Waals surface area (Å²) in [6.45, 7) is 0. The van der Waals surface area contributed by atoms with E-state index >= 15 is 0 Å². The van der Waals surface area contributed by atoms with Crippen LogP contribution in [0.1, 0.15) is 0 Å². The lowest BCUT2D eigenvalue weighted by atomic mass is 10.4. The molecule has 0 saturated carbocycles. The average Bonchev–Trinajstić information content (AvgIpc) is 3.72. The van der Waals surface area contributed by atoms with Crippen LogP contribution in [0.5, 0.6) is 0 Å². The Kier molecular flexibility index (Phi) is 6.30. The van der Waals surface area contributed by atoms with Crippen molar-refractivity contribution in [3.05, 3.63) is 180 Å². The van der Waals surface area contributed by atoms with Gasteiger partial charge in [0.25, 0.3) is 16.6 Å². The fourth-order valence-corrected chi connectivity index (χ4v) is 15.7. The van der Waals surface area contributed by atoms with Gasteiger partial charge in [-0.15, -0.1) is 11.5 Å².